The molecule has 208 valence electrons. The molecular weight excluding hydrogens is 510 g/mol. The molecule has 3 N–H and O–H groups in total. The van der Waals surface area contributed by atoms with E-state index in [1.54, 1.807) is 28.9 Å². The predicted octanol–water partition coefficient (Wildman–Crippen LogP) is 3.53. The van der Waals surface area contributed by atoms with Gasteiger partial charge in [-0.3, -0.25) is 19.2 Å². The summed E-state index contributed by atoms with van der Waals surface area (Å²) < 4.78 is 33.4. The first-order chi connectivity index (χ1) is 18.4. The molecule has 1 saturated carbocycles. The Labute approximate surface area is 224 Å². The fourth-order valence-corrected chi connectivity index (χ4v) is 4.52. The van der Waals surface area contributed by atoms with Crippen molar-refractivity contribution >= 4 is 29.1 Å². The smallest absolute Gasteiger partial charge is 0.277 e. The fraction of sp³-hybridized carbons (Fsp3) is 0.500. The highest BCUT2D eigenvalue weighted by atomic mass is 19.3. The van der Waals surface area contributed by atoms with E-state index in [0.29, 0.717) is 29.7 Å². The summed E-state index contributed by atoms with van der Waals surface area (Å²) in [6.07, 6.45) is 6.61. The minimum absolute atomic E-state index is 0.00537. The predicted molar refractivity (Wildman–Crippen MR) is 141 cm³/mol. The second-order valence-corrected chi connectivity index (χ2v) is 10.9. The van der Waals surface area contributed by atoms with Crippen LogP contribution >= 0.6 is 0 Å². The summed E-state index contributed by atoms with van der Waals surface area (Å²) >= 11 is 0. The SMILES string of the molecule is Cn1cc(NC(=O)c2coc(-c3ccnc(NCC(C)(F)F)c3)n2)c(N2CC(CNC3CC3)C(C)(C)C2=O)n1. The Hall–Kier alpha value is -3.87. The van der Waals surface area contributed by atoms with Crippen molar-refractivity contribution in [3.63, 3.8) is 0 Å². The number of pyridine rings is 1. The fourth-order valence-electron chi connectivity index (χ4n) is 4.52. The molecule has 2 aliphatic rings. The summed E-state index contributed by atoms with van der Waals surface area (Å²) in [6.45, 7) is 5.35. The third-order valence-electron chi connectivity index (χ3n) is 7.09. The molecule has 0 radical (unpaired) electrons. The van der Waals surface area contributed by atoms with Gasteiger partial charge in [0.1, 0.15) is 17.8 Å². The number of oxazole rings is 1. The van der Waals surface area contributed by atoms with E-state index in [1.807, 2.05) is 13.8 Å². The Morgan fingerprint density at radius 2 is 2.08 bits per heavy atom. The van der Waals surface area contributed by atoms with Gasteiger partial charge in [-0.1, -0.05) is 13.8 Å². The summed E-state index contributed by atoms with van der Waals surface area (Å²) in [5, 5.41) is 13.4. The highest BCUT2D eigenvalue weighted by Crippen LogP contribution is 2.41. The molecule has 1 atom stereocenters. The number of carbonyl (C=O) groups is 2. The molecule has 1 saturated heterocycles. The maximum Gasteiger partial charge on any atom is 0.277 e. The number of nitrogens with zero attached hydrogens (tertiary/aromatic N) is 5. The molecule has 5 rings (SSSR count). The van der Waals surface area contributed by atoms with Crippen LogP contribution in [-0.2, 0) is 11.8 Å². The Morgan fingerprint density at radius 1 is 1.31 bits per heavy atom. The lowest BCUT2D eigenvalue weighted by atomic mass is 9.81. The van der Waals surface area contributed by atoms with E-state index in [1.165, 1.54) is 31.4 Å². The maximum absolute atomic E-state index is 13.4. The zero-order valence-corrected chi connectivity index (χ0v) is 22.3. The first kappa shape index (κ1) is 26.7. The molecule has 1 unspecified atom stereocenters. The highest BCUT2D eigenvalue weighted by molar-refractivity contribution is 6.07. The van der Waals surface area contributed by atoms with Crippen LogP contribution in [0.15, 0.2) is 35.2 Å². The van der Waals surface area contributed by atoms with Crippen LogP contribution in [0.25, 0.3) is 11.5 Å². The molecule has 3 aromatic rings. The van der Waals surface area contributed by atoms with Crippen molar-refractivity contribution in [1.29, 1.82) is 0 Å². The van der Waals surface area contributed by atoms with Crippen molar-refractivity contribution in [2.75, 3.05) is 35.2 Å². The molecule has 11 nitrogen and oxygen atoms in total. The van der Waals surface area contributed by atoms with Crippen LogP contribution in [0, 0.1) is 11.3 Å². The number of rotatable bonds is 10. The minimum Gasteiger partial charge on any atom is -0.444 e. The van der Waals surface area contributed by atoms with Gasteiger partial charge in [-0.25, -0.2) is 18.7 Å². The van der Waals surface area contributed by atoms with Gasteiger partial charge in [0, 0.05) is 56.2 Å². The first-order valence-corrected chi connectivity index (χ1v) is 12.8. The average Bonchev–Trinajstić information content (AvgIpc) is 3.35. The van der Waals surface area contributed by atoms with Crippen LogP contribution < -0.4 is 20.9 Å². The molecule has 1 aliphatic carbocycles. The Morgan fingerprint density at radius 3 is 2.79 bits per heavy atom. The van der Waals surface area contributed by atoms with Gasteiger partial charge < -0.3 is 20.4 Å². The van der Waals surface area contributed by atoms with Crippen molar-refractivity contribution in [3.05, 3.63) is 36.5 Å². The number of halogens is 2. The third-order valence-corrected chi connectivity index (χ3v) is 7.09. The largest absolute Gasteiger partial charge is 0.444 e. The van der Waals surface area contributed by atoms with Gasteiger partial charge in [0.25, 0.3) is 11.8 Å². The van der Waals surface area contributed by atoms with Crippen LogP contribution in [0.5, 0.6) is 0 Å². The van der Waals surface area contributed by atoms with Crippen LogP contribution in [0.3, 0.4) is 0 Å². The number of hydrogen-bond donors (Lipinski definition) is 3. The highest BCUT2D eigenvalue weighted by Gasteiger charge is 2.49. The van der Waals surface area contributed by atoms with E-state index in [4.69, 9.17) is 4.42 Å². The summed E-state index contributed by atoms with van der Waals surface area (Å²) in [4.78, 5) is 36.4. The average molecular weight is 543 g/mol. The van der Waals surface area contributed by atoms with E-state index in [9.17, 15) is 18.4 Å². The minimum atomic E-state index is -2.90. The van der Waals surface area contributed by atoms with Gasteiger partial charge in [0.2, 0.25) is 11.8 Å². The van der Waals surface area contributed by atoms with Crippen molar-refractivity contribution in [2.24, 2.45) is 18.4 Å². The van der Waals surface area contributed by atoms with Crippen LogP contribution in [-0.4, -0.2) is 63.2 Å². The quantitative estimate of drug-likeness (QED) is 0.355. The van der Waals surface area contributed by atoms with E-state index < -0.39 is 23.8 Å². The zero-order valence-electron chi connectivity index (χ0n) is 22.3. The molecule has 13 heteroatoms. The molecule has 3 aromatic heterocycles. The first-order valence-electron chi connectivity index (χ1n) is 12.8. The molecule has 0 bridgehead atoms. The van der Waals surface area contributed by atoms with Crippen molar-refractivity contribution in [3.8, 4) is 11.5 Å². The van der Waals surface area contributed by atoms with Gasteiger partial charge in [0.05, 0.1) is 12.7 Å². The normalized spacial score (nSPS) is 19.0. The number of aryl methyl sites for hydroxylation is 1. The monoisotopic (exact) mass is 542 g/mol. The topological polar surface area (TPSA) is 130 Å². The second-order valence-electron chi connectivity index (χ2n) is 10.9. The summed E-state index contributed by atoms with van der Waals surface area (Å²) in [6, 6.07) is 3.64. The van der Waals surface area contributed by atoms with Gasteiger partial charge in [-0.05, 0) is 25.0 Å². The summed E-state index contributed by atoms with van der Waals surface area (Å²) in [5.74, 6) is -2.68. The molecule has 2 fully saturated rings. The molecule has 0 spiro atoms. The molecule has 0 aromatic carbocycles. The van der Waals surface area contributed by atoms with Crippen LogP contribution in [0.4, 0.5) is 26.1 Å². The third kappa shape index (κ3) is 5.92. The Kier molecular flexibility index (Phi) is 6.87. The standard InChI is InChI=1S/C26H32F2N8O3/c1-25(2)16(10-30-17-5-6-17)11-36(24(25)38)21-18(12-35(4)34-21)32-22(37)19-13-39-23(33-19)15-7-8-29-20(9-15)31-14-26(3,27)28/h7-9,12-13,16-17,30H,5-6,10-11,14H2,1-4H3,(H,29,31)(H,32,37). The molecular formula is C26H32F2N8O3. The number of hydrogen-bond acceptors (Lipinski definition) is 8. The molecule has 39 heavy (non-hydrogen) atoms. The lowest BCUT2D eigenvalue weighted by Gasteiger charge is -2.23. The van der Waals surface area contributed by atoms with Gasteiger partial charge in [-0.15, -0.1) is 0 Å². The van der Waals surface area contributed by atoms with Gasteiger partial charge in [-0.2, -0.15) is 5.10 Å². The Bertz CT molecular complexity index is 1380. The summed E-state index contributed by atoms with van der Waals surface area (Å²) in [5.41, 5.74) is 0.268. The van der Waals surface area contributed by atoms with Crippen LogP contribution in [0.1, 0.15) is 44.1 Å². The lowest BCUT2D eigenvalue weighted by Crippen LogP contribution is -2.35. The second kappa shape index (κ2) is 10.0. The number of amides is 2. The van der Waals surface area contributed by atoms with Gasteiger partial charge in [0.15, 0.2) is 11.5 Å². The lowest BCUT2D eigenvalue weighted by molar-refractivity contribution is -0.125. The number of aromatic nitrogens is 4. The zero-order chi connectivity index (χ0) is 27.9. The number of nitrogens with one attached hydrogen (secondary N) is 3. The van der Waals surface area contributed by atoms with Crippen molar-refractivity contribution in [2.45, 2.75) is 45.6 Å². The maximum atomic E-state index is 13.4. The molecule has 4 heterocycles. The number of anilines is 3. The van der Waals surface area contributed by atoms with E-state index in [2.05, 4.69) is 31.0 Å². The van der Waals surface area contributed by atoms with Crippen LogP contribution in [0.2, 0.25) is 0 Å². The molecule has 1 aliphatic heterocycles. The van der Waals surface area contributed by atoms with E-state index >= 15 is 0 Å². The summed E-state index contributed by atoms with van der Waals surface area (Å²) in [7, 11) is 1.72. The van der Waals surface area contributed by atoms with Crippen molar-refractivity contribution < 1.29 is 22.8 Å². The van der Waals surface area contributed by atoms with E-state index in [-0.39, 0.29) is 29.2 Å². The van der Waals surface area contributed by atoms with Crippen molar-refractivity contribution in [1.82, 2.24) is 25.1 Å². The van der Waals surface area contributed by atoms with Gasteiger partial charge >= 0.3 is 0 Å². The number of carbonyl (C=O) groups excluding carboxylic acids is 2. The van der Waals surface area contributed by atoms with E-state index in [0.717, 1.165) is 13.5 Å². The Balaban J connectivity index is 1.29. The number of alkyl halides is 2. The molecule has 2 amide bonds.